The Balaban J connectivity index is 2.73. The molecule has 4 nitrogen and oxygen atoms in total. The van der Waals surface area contributed by atoms with Crippen molar-refractivity contribution in [1.82, 2.24) is 9.88 Å². The first kappa shape index (κ1) is 13.2. The summed E-state index contributed by atoms with van der Waals surface area (Å²) in [6.45, 7) is 4.92. The zero-order valence-corrected chi connectivity index (χ0v) is 10.3. The largest absolute Gasteiger partial charge is 0.338 e. The van der Waals surface area contributed by atoms with Gasteiger partial charge in [-0.05, 0) is 31.0 Å². The lowest BCUT2D eigenvalue weighted by Crippen LogP contribution is -2.34. The van der Waals surface area contributed by atoms with Gasteiger partial charge in [0, 0.05) is 25.5 Å². The Morgan fingerprint density at radius 3 is 2.59 bits per heavy atom. The van der Waals surface area contributed by atoms with Gasteiger partial charge in [0.25, 0.3) is 0 Å². The molecule has 0 aromatic carbocycles. The van der Waals surface area contributed by atoms with Crippen LogP contribution in [0.3, 0.4) is 0 Å². The summed E-state index contributed by atoms with van der Waals surface area (Å²) in [4.78, 5) is 17.7. The van der Waals surface area contributed by atoms with Gasteiger partial charge in [-0.1, -0.05) is 6.92 Å². The first-order valence-corrected chi connectivity index (χ1v) is 5.80. The van der Waals surface area contributed by atoms with Gasteiger partial charge in [0.15, 0.2) is 0 Å². The SMILES string of the molecule is CCC(C#N)C(=O)N(CC)Cc1ccncc1. The molecule has 90 valence electrons. The maximum absolute atomic E-state index is 12.0. The van der Waals surface area contributed by atoms with E-state index in [2.05, 4.69) is 4.98 Å². The van der Waals surface area contributed by atoms with Crippen LogP contribution in [0.4, 0.5) is 0 Å². The molecule has 1 heterocycles. The summed E-state index contributed by atoms with van der Waals surface area (Å²) in [7, 11) is 0. The van der Waals surface area contributed by atoms with Crippen LogP contribution in [0, 0.1) is 17.2 Å². The average molecular weight is 231 g/mol. The number of carbonyl (C=O) groups excluding carboxylic acids is 1. The predicted octanol–water partition coefficient (Wildman–Crippen LogP) is 1.98. The van der Waals surface area contributed by atoms with Crippen LogP contribution >= 0.6 is 0 Å². The average Bonchev–Trinajstić information content (AvgIpc) is 2.38. The highest BCUT2D eigenvalue weighted by molar-refractivity contribution is 5.81. The van der Waals surface area contributed by atoms with Crippen LogP contribution in [0.25, 0.3) is 0 Å². The topological polar surface area (TPSA) is 57.0 Å². The summed E-state index contributed by atoms with van der Waals surface area (Å²) < 4.78 is 0. The lowest BCUT2D eigenvalue weighted by molar-refractivity contribution is -0.134. The summed E-state index contributed by atoms with van der Waals surface area (Å²) in [5.74, 6) is -0.619. The van der Waals surface area contributed by atoms with Gasteiger partial charge in [-0.2, -0.15) is 5.26 Å². The zero-order chi connectivity index (χ0) is 12.7. The number of nitriles is 1. The van der Waals surface area contributed by atoms with Gasteiger partial charge in [0.2, 0.25) is 5.91 Å². The van der Waals surface area contributed by atoms with E-state index in [0.29, 0.717) is 19.5 Å². The Morgan fingerprint density at radius 2 is 2.12 bits per heavy atom. The van der Waals surface area contributed by atoms with Crippen molar-refractivity contribution in [3.63, 3.8) is 0 Å². The molecule has 4 heteroatoms. The zero-order valence-electron chi connectivity index (χ0n) is 10.3. The van der Waals surface area contributed by atoms with Crippen molar-refractivity contribution in [2.24, 2.45) is 5.92 Å². The Kier molecular flexibility index (Phi) is 5.15. The van der Waals surface area contributed by atoms with Crippen LogP contribution in [0.2, 0.25) is 0 Å². The molecular formula is C13H17N3O. The molecule has 1 amide bonds. The van der Waals surface area contributed by atoms with Crippen LogP contribution in [-0.4, -0.2) is 22.3 Å². The first-order valence-electron chi connectivity index (χ1n) is 5.80. The Bertz CT molecular complexity index is 397. The number of pyridine rings is 1. The van der Waals surface area contributed by atoms with Gasteiger partial charge < -0.3 is 4.90 Å². The number of amides is 1. The Labute approximate surface area is 102 Å². The number of hydrogen-bond acceptors (Lipinski definition) is 3. The molecule has 0 fully saturated rings. The Morgan fingerprint density at radius 1 is 1.47 bits per heavy atom. The van der Waals surface area contributed by atoms with Crippen LogP contribution < -0.4 is 0 Å². The van der Waals surface area contributed by atoms with E-state index in [0.717, 1.165) is 5.56 Å². The maximum atomic E-state index is 12.0. The fourth-order valence-electron chi connectivity index (χ4n) is 1.60. The summed E-state index contributed by atoms with van der Waals surface area (Å²) >= 11 is 0. The van der Waals surface area contributed by atoms with E-state index in [1.54, 1.807) is 17.3 Å². The van der Waals surface area contributed by atoms with Crippen molar-refractivity contribution in [3.8, 4) is 6.07 Å². The number of nitrogens with zero attached hydrogens (tertiary/aromatic N) is 3. The van der Waals surface area contributed by atoms with Crippen molar-refractivity contribution in [1.29, 1.82) is 5.26 Å². The minimum Gasteiger partial charge on any atom is -0.338 e. The second-order valence-electron chi connectivity index (χ2n) is 3.80. The number of rotatable bonds is 5. The normalized spacial score (nSPS) is 11.6. The summed E-state index contributed by atoms with van der Waals surface area (Å²) in [6.07, 6.45) is 3.96. The summed E-state index contributed by atoms with van der Waals surface area (Å²) in [5.41, 5.74) is 1.03. The molecule has 0 aliphatic carbocycles. The van der Waals surface area contributed by atoms with E-state index in [4.69, 9.17) is 5.26 Å². The quantitative estimate of drug-likeness (QED) is 0.778. The molecule has 0 saturated carbocycles. The van der Waals surface area contributed by atoms with Gasteiger partial charge in [-0.25, -0.2) is 0 Å². The second kappa shape index (κ2) is 6.64. The van der Waals surface area contributed by atoms with Gasteiger partial charge in [-0.3, -0.25) is 9.78 Å². The molecule has 1 rings (SSSR count). The highest BCUT2D eigenvalue weighted by atomic mass is 16.2. The highest BCUT2D eigenvalue weighted by Crippen LogP contribution is 2.10. The molecule has 0 aliphatic rings. The highest BCUT2D eigenvalue weighted by Gasteiger charge is 2.21. The second-order valence-corrected chi connectivity index (χ2v) is 3.80. The minimum atomic E-state index is -0.531. The monoisotopic (exact) mass is 231 g/mol. The predicted molar refractivity (Wildman–Crippen MR) is 64.7 cm³/mol. The van der Waals surface area contributed by atoms with E-state index in [1.165, 1.54) is 0 Å². The maximum Gasteiger partial charge on any atom is 0.240 e. The van der Waals surface area contributed by atoms with Crippen molar-refractivity contribution in [3.05, 3.63) is 30.1 Å². The summed E-state index contributed by atoms with van der Waals surface area (Å²) in [5, 5.41) is 8.90. The molecule has 0 bridgehead atoms. The van der Waals surface area contributed by atoms with Gasteiger partial charge in [-0.15, -0.1) is 0 Å². The van der Waals surface area contributed by atoms with E-state index >= 15 is 0 Å². The van der Waals surface area contributed by atoms with E-state index in [-0.39, 0.29) is 5.91 Å². The third-order valence-electron chi connectivity index (χ3n) is 2.68. The smallest absolute Gasteiger partial charge is 0.240 e. The van der Waals surface area contributed by atoms with E-state index in [9.17, 15) is 4.79 Å². The third kappa shape index (κ3) is 3.56. The van der Waals surface area contributed by atoms with Gasteiger partial charge in [0.05, 0.1) is 6.07 Å². The first-order chi connectivity index (χ1) is 8.22. The minimum absolute atomic E-state index is 0.0886. The standard InChI is InChI=1S/C13H17N3O/c1-3-12(9-14)13(17)16(4-2)10-11-5-7-15-8-6-11/h5-8,12H,3-4,10H2,1-2H3. The van der Waals surface area contributed by atoms with Crippen LogP contribution in [0.15, 0.2) is 24.5 Å². The third-order valence-corrected chi connectivity index (χ3v) is 2.68. The fourth-order valence-corrected chi connectivity index (χ4v) is 1.60. The van der Waals surface area contributed by atoms with Crippen molar-refractivity contribution in [2.75, 3.05) is 6.54 Å². The van der Waals surface area contributed by atoms with E-state index < -0.39 is 5.92 Å². The lowest BCUT2D eigenvalue weighted by atomic mass is 10.1. The van der Waals surface area contributed by atoms with Crippen LogP contribution in [0.1, 0.15) is 25.8 Å². The Hall–Kier alpha value is -1.89. The molecule has 1 aromatic heterocycles. The molecule has 1 unspecified atom stereocenters. The molecule has 1 aromatic rings. The molecule has 0 radical (unpaired) electrons. The number of hydrogen-bond donors (Lipinski definition) is 0. The fraction of sp³-hybridized carbons (Fsp3) is 0.462. The van der Waals surface area contributed by atoms with E-state index in [1.807, 2.05) is 32.0 Å². The molecule has 0 aliphatic heterocycles. The lowest BCUT2D eigenvalue weighted by Gasteiger charge is -2.22. The van der Waals surface area contributed by atoms with Crippen LogP contribution in [-0.2, 0) is 11.3 Å². The number of aromatic nitrogens is 1. The van der Waals surface area contributed by atoms with Crippen molar-refractivity contribution < 1.29 is 4.79 Å². The van der Waals surface area contributed by atoms with Gasteiger partial charge >= 0.3 is 0 Å². The van der Waals surface area contributed by atoms with Crippen LogP contribution in [0.5, 0.6) is 0 Å². The molecule has 0 N–H and O–H groups in total. The molecule has 0 saturated heterocycles. The molecular weight excluding hydrogens is 214 g/mol. The van der Waals surface area contributed by atoms with Crippen molar-refractivity contribution in [2.45, 2.75) is 26.8 Å². The molecule has 0 spiro atoms. The summed E-state index contributed by atoms with van der Waals surface area (Å²) in [6, 6.07) is 5.80. The van der Waals surface area contributed by atoms with Gasteiger partial charge in [0.1, 0.15) is 5.92 Å². The molecule has 17 heavy (non-hydrogen) atoms. The molecule has 1 atom stereocenters. The number of carbonyl (C=O) groups is 1. The van der Waals surface area contributed by atoms with Crippen molar-refractivity contribution >= 4 is 5.91 Å².